The minimum absolute atomic E-state index is 0.127. The van der Waals surface area contributed by atoms with E-state index in [1.54, 1.807) is 0 Å². The number of aliphatic carboxylic acids is 1. The summed E-state index contributed by atoms with van der Waals surface area (Å²) in [4.78, 5) is 79.5. The molecule has 31 nitrogen and oxygen atoms in total. The van der Waals surface area contributed by atoms with Crippen molar-refractivity contribution in [3.05, 3.63) is 32.6 Å². The fourth-order valence-electron chi connectivity index (χ4n) is 9.08. The predicted octanol–water partition coefficient (Wildman–Crippen LogP) is -7.63. The van der Waals surface area contributed by atoms with Crippen molar-refractivity contribution >= 4 is 23.8 Å². The van der Waals surface area contributed by atoms with Gasteiger partial charge in [0.2, 0.25) is 5.91 Å². The normalized spacial score (nSPS) is 37.0. The van der Waals surface area contributed by atoms with Crippen LogP contribution in [0.25, 0.3) is 0 Å². The van der Waals surface area contributed by atoms with E-state index in [1.165, 1.54) is 14.0 Å². The van der Waals surface area contributed by atoms with Crippen LogP contribution in [0.4, 0.5) is 0 Å². The summed E-state index contributed by atoms with van der Waals surface area (Å²) >= 11 is 0. The lowest BCUT2D eigenvalue weighted by molar-refractivity contribution is -0.390. The number of carbonyl (C=O) groups excluding carboxylic acids is 3. The highest BCUT2D eigenvalue weighted by molar-refractivity contribution is 5.92. The summed E-state index contributed by atoms with van der Waals surface area (Å²) in [6, 6.07) is -2.76. The zero-order chi connectivity index (χ0) is 55.5. The number of nitrogens with one attached hydrogen (secondary N) is 4. The van der Waals surface area contributed by atoms with E-state index in [-0.39, 0.29) is 19.0 Å². The fourth-order valence-corrected chi connectivity index (χ4v) is 9.08. The molecule has 428 valence electrons. The summed E-state index contributed by atoms with van der Waals surface area (Å²) in [5.74, 6) is -7.66. The highest BCUT2D eigenvalue weighted by atomic mass is 16.8. The molecule has 31 heteroatoms. The van der Waals surface area contributed by atoms with Gasteiger partial charge in [0.1, 0.15) is 91.1 Å². The number of aliphatic hydroxyl groups excluding tert-OH is 11. The summed E-state index contributed by atoms with van der Waals surface area (Å²) in [7, 11) is 1.29. The van der Waals surface area contributed by atoms with Crippen LogP contribution in [-0.4, -0.2) is 257 Å². The standard InChI is InChI=1S/C44H70N4O27/c1-17-28(57)31(60)32(61)40(69-17)72-34-23(16-51)71-39(68-11-9-7-5-4-6-8-10-25(56)67-3)27(48-38(63)19-12-24(55)47-43(66)46-19)36(34)73-41-33(62)37(30(59)22(15-50)70-41)75-44(42(64)65)13-20(53)26(45-18(2)52)35(74-44)29(58)21(54)14-49/h12,17,20-23,26-37,39-41,49-51,53-54,57-62H,4-11,13-16H2,1-3H3,(H,45,52)(H,48,63)(H,64,65)(H2,46,47,55,66)/t17?,20?,21?,22?,23?,26-,27?,28-,29?,30-,31?,32?,33?,34+,35?,36?,37?,39-,40?,41?,44+/m1/s1. The maximum absolute atomic E-state index is 14.0. The van der Waals surface area contributed by atoms with Gasteiger partial charge in [0, 0.05) is 32.4 Å². The summed E-state index contributed by atoms with van der Waals surface area (Å²) in [5.41, 5.74) is -2.76. The highest BCUT2D eigenvalue weighted by Gasteiger charge is 2.61. The zero-order valence-electron chi connectivity index (χ0n) is 41.1. The minimum Gasteiger partial charge on any atom is -0.477 e. The van der Waals surface area contributed by atoms with Gasteiger partial charge in [-0.05, 0) is 19.8 Å². The Labute approximate surface area is 426 Å². The van der Waals surface area contributed by atoms with Gasteiger partial charge in [-0.15, -0.1) is 0 Å². The number of rotatable bonds is 25. The van der Waals surface area contributed by atoms with Crippen LogP contribution >= 0.6 is 0 Å². The highest BCUT2D eigenvalue weighted by Crippen LogP contribution is 2.39. The van der Waals surface area contributed by atoms with E-state index >= 15 is 0 Å². The molecule has 75 heavy (non-hydrogen) atoms. The number of carbonyl (C=O) groups is 4. The number of esters is 1. The molecule has 0 aromatic carbocycles. The van der Waals surface area contributed by atoms with Gasteiger partial charge in [0.05, 0.1) is 45.2 Å². The van der Waals surface area contributed by atoms with Crippen LogP contribution in [0.1, 0.15) is 75.7 Å². The molecular weight excluding hydrogens is 1020 g/mol. The van der Waals surface area contributed by atoms with E-state index in [9.17, 15) is 90.0 Å². The number of H-pyrrole nitrogens is 2. The van der Waals surface area contributed by atoms with Crippen molar-refractivity contribution in [2.24, 2.45) is 0 Å². The van der Waals surface area contributed by atoms with Crippen molar-refractivity contribution in [3.8, 4) is 0 Å². The number of aromatic nitrogens is 2. The average Bonchev–Trinajstić information content (AvgIpc) is 3.37. The Morgan fingerprint density at radius 2 is 1.39 bits per heavy atom. The van der Waals surface area contributed by atoms with Crippen molar-refractivity contribution < 1.29 is 123 Å². The third-order valence-corrected chi connectivity index (χ3v) is 13.1. The number of aliphatic hydroxyl groups is 11. The maximum atomic E-state index is 14.0. The van der Waals surface area contributed by atoms with Crippen molar-refractivity contribution in [1.82, 2.24) is 20.6 Å². The Hall–Kier alpha value is -4.20. The van der Waals surface area contributed by atoms with Gasteiger partial charge in [-0.3, -0.25) is 24.2 Å². The molecule has 4 aliphatic heterocycles. The van der Waals surface area contributed by atoms with Crippen LogP contribution in [-0.2, 0) is 57.0 Å². The van der Waals surface area contributed by atoms with Gasteiger partial charge >= 0.3 is 17.6 Å². The number of carboxylic acid groups (broad SMARTS) is 1. The molecule has 0 aliphatic carbocycles. The molecule has 5 rings (SSSR count). The second-order valence-corrected chi connectivity index (χ2v) is 18.6. The van der Waals surface area contributed by atoms with Gasteiger partial charge in [0.25, 0.3) is 17.3 Å². The van der Waals surface area contributed by atoms with Crippen LogP contribution in [0.2, 0.25) is 0 Å². The van der Waals surface area contributed by atoms with Crippen molar-refractivity contribution in [3.63, 3.8) is 0 Å². The lowest BCUT2D eigenvalue weighted by Gasteiger charge is -2.51. The lowest BCUT2D eigenvalue weighted by Crippen LogP contribution is -2.71. The Morgan fingerprint density at radius 3 is 2.00 bits per heavy atom. The van der Waals surface area contributed by atoms with E-state index in [0.29, 0.717) is 38.2 Å². The number of methoxy groups -OCH3 is 1. The molecule has 1 aromatic heterocycles. The lowest BCUT2D eigenvalue weighted by atomic mass is 9.88. The summed E-state index contributed by atoms with van der Waals surface area (Å²) < 4.78 is 52.4. The number of hydrogen-bond acceptors (Lipinski definition) is 26. The molecule has 2 amide bonds. The number of ether oxygens (including phenoxy) is 9. The number of amides is 2. The van der Waals surface area contributed by atoms with Gasteiger partial charge in [0.15, 0.2) is 18.9 Å². The molecule has 0 radical (unpaired) electrons. The zero-order valence-corrected chi connectivity index (χ0v) is 41.1. The van der Waals surface area contributed by atoms with Crippen molar-refractivity contribution in [2.75, 3.05) is 33.5 Å². The molecule has 0 bridgehead atoms. The van der Waals surface area contributed by atoms with E-state index in [0.717, 1.165) is 13.3 Å². The third-order valence-electron chi connectivity index (χ3n) is 13.1. The van der Waals surface area contributed by atoms with Gasteiger partial charge in [-0.1, -0.05) is 25.7 Å². The summed E-state index contributed by atoms with van der Waals surface area (Å²) in [5, 5.41) is 135. The van der Waals surface area contributed by atoms with Crippen LogP contribution in [0.15, 0.2) is 15.7 Å². The smallest absolute Gasteiger partial charge is 0.364 e. The van der Waals surface area contributed by atoms with Crippen LogP contribution < -0.4 is 21.9 Å². The molecule has 21 atom stereocenters. The monoisotopic (exact) mass is 1090 g/mol. The molecule has 15 unspecified atom stereocenters. The second-order valence-electron chi connectivity index (χ2n) is 18.6. The predicted molar refractivity (Wildman–Crippen MR) is 242 cm³/mol. The van der Waals surface area contributed by atoms with Gasteiger partial charge in [-0.2, -0.15) is 0 Å². The molecule has 5 heterocycles. The number of hydrogen-bond donors (Lipinski definition) is 16. The molecule has 4 saturated heterocycles. The number of aromatic amines is 2. The quantitative estimate of drug-likeness (QED) is 0.0319. The first-order chi connectivity index (χ1) is 35.5. The molecule has 4 fully saturated rings. The Balaban J connectivity index is 1.55. The van der Waals surface area contributed by atoms with E-state index < -0.39 is 189 Å². The van der Waals surface area contributed by atoms with E-state index in [1.807, 2.05) is 4.98 Å². The SMILES string of the molecule is COC(=O)CCCCCCCCO[C@@H]1OC(CO)[C@H](OC2OC(C)[C@@H](O)C(O)C2O)C(OC2OC(CO)[C@@H](O)C(O[C@]3(C(=O)O)CC(O)[C@@H](NC(C)=O)C(C(O)C(O)CO)O3)C2O)C1NC(=O)c1cc(=O)[nH]c(=O)[nH]1. The van der Waals surface area contributed by atoms with Crippen LogP contribution in [0, 0.1) is 0 Å². The molecule has 16 N–H and O–H groups in total. The fraction of sp³-hybridized carbons (Fsp3) is 0.818. The van der Waals surface area contributed by atoms with Gasteiger partial charge in [-0.25, -0.2) is 9.59 Å². The molecule has 1 aromatic rings. The average molecular weight is 1090 g/mol. The van der Waals surface area contributed by atoms with Crippen molar-refractivity contribution in [2.45, 2.75) is 194 Å². The first kappa shape index (κ1) is 61.7. The molecular formula is C44H70N4O27. The van der Waals surface area contributed by atoms with Crippen molar-refractivity contribution in [1.29, 1.82) is 0 Å². The topological polar surface area (TPSA) is 484 Å². The molecule has 0 saturated carbocycles. The molecule has 4 aliphatic rings. The number of unbranched alkanes of at least 4 members (excludes halogenated alkanes) is 5. The Bertz CT molecular complexity index is 2110. The van der Waals surface area contributed by atoms with E-state index in [4.69, 9.17) is 37.9 Å². The second kappa shape index (κ2) is 27.9. The summed E-state index contributed by atoms with van der Waals surface area (Å²) in [6.45, 7) is -1.06. The van der Waals surface area contributed by atoms with E-state index in [2.05, 4.69) is 20.4 Å². The number of carboxylic acids is 1. The largest absolute Gasteiger partial charge is 0.477 e. The third kappa shape index (κ3) is 15.3. The first-order valence-corrected chi connectivity index (χ1v) is 24.2. The Morgan fingerprint density at radius 1 is 0.760 bits per heavy atom. The van der Waals surface area contributed by atoms with Crippen LogP contribution in [0.3, 0.4) is 0 Å². The first-order valence-electron chi connectivity index (χ1n) is 24.2. The molecule has 0 spiro atoms. The minimum atomic E-state index is -3.21. The van der Waals surface area contributed by atoms with Gasteiger partial charge < -0.3 is 120 Å². The Kier molecular flexibility index (Phi) is 22.9. The summed E-state index contributed by atoms with van der Waals surface area (Å²) in [6.07, 6.45) is -32.7. The van der Waals surface area contributed by atoms with Crippen LogP contribution in [0.5, 0.6) is 0 Å². The maximum Gasteiger partial charge on any atom is 0.364 e.